The number of carbonyl (C=O) groups is 1. The zero-order valence-electron chi connectivity index (χ0n) is 14.8. The van der Waals surface area contributed by atoms with E-state index in [2.05, 4.69) is 5.32 Å². The Morgan fingerprint density at radius 3 is 2.44 bits per heavy atom. The normalized spacial score (nSPS) is 15.5. The summed E-state index contributed by atoms with van der Waals surface area (Å²) in [6.07, 6.45) is 2.77. The van der Waals surface area contributed by atoms with E-state index in [1.165, 1.54) is 16.4 Å². The molecule has 5 nitrogen and oxygen atoms in total. The first kappa shape index (κ1) is 20.1. The number of anilines is 1. The van der Waals surface area contributed by atoms with Gasteiger partial charge < -0.3 is 5.32 Å². The number of benzene rings is 2. The lowest BCUT2D eigenvalue weighted by atomic mass is 10.2. The van der Waals surface area contributed by atoms with Crippen molar-refractivity contribution in [2.75, 3.05) is 18.4 Å². The molecule has 27 heavy (non-hydrogen) atoms. The third kappa shape index (κ3) is 4.46. The Hall–Kier alpha value is -1.60. The van der Waals surface area contributed by atoms with E-state index in [0.29, 0.717) is 29.4 Å². The van der Waals surface area contributed by atoms with Gasteiger partial charge in [0.25, 0.3) is 5.91 Å². The summed E-state index contributed by atoms with van der Waals surface area (Å²) in [7, 11) is -3.60. The molecule has 1 aliphatic heterocycles. The summed E-state index contributed by atoms with van der Waals surface area (Å²) in [6, 6.07) is 9.46. The van der Waals surface area contributed by atoms with Gasteiger partial charge in [-0.05, 0) is 55.7 Å². The third-order valence-corrected chi connectivity index (χ3v) is 7.16. The van der Waals surface area contributed by atoms with Crippen LogP contribution in [0.15, 0.2) is 41.3 Å². The van der Waals surface area contributed by atoms with Crippen molar-refractivity contribution in [3.63, 3.8) is 0 Å². The van der Waals surface area contributed by atoms with Gasteiger partial charge in [0.1, 0.15) is 0 Å². The Bertz CT molecular complexity index is 971. The van der Waals surface area contributed by atoms with Gasteiger partial charge in [-0.1, -0.05) is 35.7 Å². The number of hydrogen-bond donors (Lipinski definition) is 1. The van der Waals surface area contributed by atoms with E-state index in [0.717, 1.165) is 19.3 Å². The molecule has 0 unspecified atom stereocenters. The Balaban J connectivity index is 1.89. The van der Waals surface area contributed by atoms with E-state index in [4.69, 9.17) is 23.2 Å². The molecule has 1 heterocycles. The van der Waals surface area contributed by atoms with Gasteiger partial charge in [0.2, 0.25) is 10.0 Å². The smallest absolute Gasteiger partial charge is 0.257 e. The molecule has 8 heteroatoms. The molecule has 1 saturated heterocycles. The number of nitrogens with one attached hydrogen (secondary N) is 1. The minimum absolute atomic E-state index is 0.208. The maximum atomic E-state index is 13.0. The monoisotopic (exact) mass is 426 g/mol. The third-order valence-electron chi connectivity index (χ3n) is 4.55. The first-order chi connectivity index (χ1) is 12.8. The van der Waals surface area contributed by atoms with Gasteiger partial charge in [0.05, 0.1) is 15.5 Å². The van der Waals surface area contributed by atoms with Crippen LogP contribution >= 0.6 is 23.2 Å². The molecule has 1 fully saturated rings. The fourth-order valence-electron chi connectivity index (χ4n) is 3.07. The molecule has 0 atom stereocenters. The summed E-state index contributed by atoms with van der Waals surface area (Å²) < 4.78 is 27.5. The number of piperidine rings is 1. The van der Waals surface area contributed by atoms with Crippen molar-refractivity contribution in [3.05, 3.63) is 57.6 Å². The maximum Gasteiger partial charge on any atom is 0.257 e. The summed E-state index contributed by atoms with van der Waals surface area (Å²) in [6.45, 7) is 2.79. The number of sulfonamides is 1. The second-order valence-corrected chi connectivity index (χ2v) is 9.27. The predicted molar refractivity (Wildman–Crippen MR) is 108 cm³/mol. The molecule has 1 aliphatic rings. The van der Waals surface area contributed by atoms with Crippen LogP contribution < -0.4 is 5.32 Å². The van der Waals surface area contributed by atoms with Crippen molar-refractivity contribution in [1.82, 2.24) is 4.31 Å². The second kappa shape index (κ2) is 8.19. The molecular formula is C19H20Cl2N2O3S. The van der Waals surface area contributed by atoms with Crippen molar-refractivity contribution in [2.45, 2.75) is 31.1 Å². The Labute approximate surface area is 169 Å². The highest BCUT2D eigenvalue weighted by Crippen LogP contribution is 2.27. The maximum absolute atomic E-state index is 13.0. The van der Waals surface area contributed by atoms with Gasteiger partial charge in [-0.3, -0.25) is 4.79 Å². The summed E-state index contributed by atoms with van der Waals surface area (Å²) in [4.78, 5) is 12.7. The minimum Gasteiger partial charge on any atom is -0.322 e. The lowest BCUT2D eigenvalue weighted by Gasteiger charge is -2.26. The van der Waals surface area contributed by atoms with Gasteiger partial charge in [-0.2, -0.15) is 4.31 Å². The minimum atomic E-state index is -3.60. The number of aryl methyl sites for hydroxylation is 1. The number of nitrogens with zero attached hydrogens (tertiary/aromatic N) is 1. The van der Waals surface area contributed by atoms with E-state index < -0.39 is 15.9 Å². The van der Waals surface area contributed by atoms with Crippen molar-refractivity contribution >= 4 is 44.8 Å². The quantitative estimate of drug-likeness (QED) is 0.767. The van der Waals surface area contributed by atoms with E-state index in [9.17, 15) is 13.2 Å². The van der Waals surface area contributed by atoms with Crippen LogP contribution in [0, 0.1) is 6.92 Å². The van der Waals surface area contributed by atoms with Crippen LogP contribution in [0.1, 0.15) is 35.2 Å². The second-order valence-electron chi connectivity index (χ2n) is 6.52. The lowest BCUT2D eigenvalue weighted by Crippen LogP contribution is -2.36. The predicted octanol–water partition coefficient (Wildman–Crippen LogP) is 4.73. The van der Waals surface area contributed by atoms with Crippen LogP contribution in [0.2, 0.25) is 10.0 Å². The van der Waals surface area contributed by atoms with Gasteiger partial charge in [-0.25, -0.2) is 8.42 Å². The lowest BCUT2D eigenvalue weighted by molar-refractivity contribution is 0.102. The van der Waals surface area contributed by atoms with Crippen LogP contribution in [-0.4, -0.2) is 31.7 Å². The highest BCUT2D eigenvalue weighted by Gasteiger charge is 2.27. The van der Waals surface area contributed by atoms with Crippen LogP contribution in [-0.2, 0) is 10.0 Å². The van der Waals surface area contributed by atoms with Crippen LogP contribution in [0.4, 0.5) is 5.69 Å². The van der Waals surface area contributed by atoms with Gasteiger partial charge in [-0.15, -0.1) is 0 Å². The number of halogens is 2. The fraction of sp³-hybridized carbons (Fsp3) is 0.316. The van der Waals surface area contributed by atoms with Crippen molar-refractivity contribution in [3.8, 4) is 0 Å². The Morgan fingerprint density at radius 2 is 1.74 bits per heavy atom. The van der Waals surface area contributed by atoms with Gasteiger partial charge in [0, 0.05) is 23.8 Å². The van der Waals surface area contributed by atoms with Gasteiger partial charge in [0.15, 0.2) is 0 Å². The molecule has 0 spiro atoms. The number of amides is 1. The highest BCUT2D eigenvalue weighted by atomic mass is 35.5. The average molecular weight is 427 g/mol. The van der Waals surface area contributed by atoms with E-state index in [1.54, 1.807) is 31.2 Å². The molecule has 0 bridgehead atoms. The van der Waals surface area contributed by atoms with E-state index in [-0.39, 0.29) is 15.5 Å². The van der Waals surface area contributed by atoms with Crippen LogP contribution in [0.3, 0.4) is 0 Å². The van der Waals surface area contributed by atoms with E-state index >= 15 is 0 Å². The zero-order chi connectivity index (χ0) is 19.6. The number of rotatable bonds is 4. The van der Waals surface area contributed by atoms with Crippen molar-refractivity contribution in [1.29, 1.82) is 0 Å². The Morgan fingerprint density at radius 1 is 1.04 bits per heavy atom. The topological polar surface area (TPSA) is 66.5 Å². The molecule has 0 aliphatic carbocycles. The zero-order valence-corrected chi connectivity index (χ0v) is 17.2. The molecule has 0 radical (unpaired) electrons. The van der Waals surface area contributed by atoms with Gasteiger partial charge >= 0.3 is 0 Å². The highest BCUT2D eigenvalue weighted by molar-refractivity contribution is 7.89. The van der Waals surface area contributed by atoms with Crippen molar-refractivity contribution < 1.29 is 13.2 Å². The molecule has 3 rings (SSSR count). The molecule has 1 amide bonds. The molecule has 2 aromatic carbocycles. The molecule has 2 aromatic rings. The fourth-order valence-corrected chi connectivity index (χ4v) is 5.21. The van der Waals surface area contributed by atoms with Crippen molar-refractivity contribution in [2.24, 2.45) is 0 Å². The first-order valence-corrected chi connectivity index (χ1v) is 10.9. The molecule has 144 valence electrons. The first-order valence-electron chi connectivity index (χ1n) is 8.66. The standard InChI is InChI=1S/C19H20Cl2N2O3S/c1-13-5-7-15(22-19(24)16-11-14(20)6-8-17(16)21)12-18(13)27(25,26)23-9-3-2-4-10-23/h5-8,11-12H,2-4,9-10H2,1H3,(H,22,24). The molecule has 1 N–H and O–H groups in total. The summed E-state index contributed by atoms with van der Waals surface area (Å²) in [5.41, 5.74) is 1.25. The SMILES string of the molecule is Cc1ccc(NC(=O)c2cc(Cl)ccc2Cl)cc1S(=O)(=O)N1CCCCC1. The van der Waals surface area contributed by atoms with E-state index in [1.807, 2.05) is 0 Å². The summed E-state index contributed by atoms with van der Waals surface area (Å²) >= 11 is 12.0. The average Bonchev–Trinajstić information content (AvgIpc) is 2.65. The largest absolute Gasteiger partial charge is 0.322 e. The molecule has 0 aromatic heterocycles. The molecule has 0 saturated carbocycles. The summed E-state index contributed by atoms with van der Waals surface area (Å²) in [5, 5.41) is 3.36. The number of carbonyl (C=O) groups excluding carboxylic acids is 1. The molecular weight excluding hydrogens is 407 g/mol. The Kier molecular flexibility index (Phi) is 6.11. The van der Waals surface area contributed by atoms with Crippen LogP contribution in [0.5, 0.6) is 0 Å². The van der Waals surface area contributed by atoms with Crippen LogP contribution in [0.25, 0.3) is 0 Å². The summed E-state index contributed by atoms with van der Waals surface area (Å²) in [5.74, 6) is -0.451. The number of hydrogen-bond acceptors (Lipinski definition) is 3.